The predicted molar refractivity (Wildman–Crippen MR) is 87.3 cm³/mol. The van der Waals surface area contributed by atoms with Crippen LogP contribution in [0.5, 0.6) is 0 Å². The number of carbonyl (C=O) groups is 1. The summed E-state index contributed by atoms with van der Waals surface area (Å²) in [5.74, 6) is 0.129. The largest absolute Gasteiger partial charge is 0.380 e. The number of amides is 1. The van der Waals surface area contributed by atoms with Crippen molar-refractivity contribution in [1.29, 1.82) is 0 Å². The monoisotopic (exact) mass is 321 g/mol. The minimum Gasteiger partial charge on any atom is -0.380 e. The molecule has 1 amide bonds. The van der Waals surface area contributed by atoms with Crippen molar-refractivity contribution in [1.82, 2.24) is 4.98 Å². The van der Waals surface area contributed by atoms with Gasteiger partial charge in [-0.2, -0.15) is 0 Å². The molecule has 110 valence electrons. The van der Waals surface area contributed by atoms with Crippen molar-refractivity contribution in [2.45, 2.75) is 25.8 Å². The molecule has 0 aliphatic carbocycles. The molecule has 3 rings (SSSR count). The van der Waals surface area contributed by atoms with Gasteiger partial charge in [-0.3, -0.25) is 4.79 Å². The van der Waals surface area contributed by atoms with E-state index in [0.29, 0.717) is 11.0 Å². The summed E-state index contributed by atoms with van der Waals surface area (Å²) < 4.78 is 0.550. The topological polar surface area (TPSA) is 45.2 Å². The van der Waals surface area contributed by atoms with Crippen molar-refractivity contribution in [3.8, 4) is 0 Å². The number of nitrogens with zero attached hydrogens (tertiary/aromatic N) is 2. The number of halogens is 1. The summed E-state index contributed by atoms with van der Waals surface area (Å²) >= 11 is 7.29. The molecule has 0 atom stereocenters. The van der Waals surface area contributed by atoms with Gasteiger partial charge >= 0.3 is 0 Å². The van der Waals surface area contributed by atoms with Crippen LogP contribution >= 0.6 is 22.9 Å². The summed E-state index contributed by atoms with van der Waals surface area (Å²) in [4.78, 5) is 19.1. The predicted octanol–water partition coefficient (Wildman–Crippen LogP) is 3.66. The van der Waals surface area contributed by atoms with Gasteiger partial charge in [-0.05, 0) is 37.6 Å². The van der Waals surface area contributed by atoms with E-state index in [2.05, 4.69) is 16.4 Å². The minimum atomic E-state index is -0.477. The molecule has 0 spiro atoms. The Balaban J connectivity index is 1.84. The van der Waals surface area contributed by atoms with E-state index in [1.165, 1.54) is 11.3 Å². The Bertz CT molecular complexity index is 711. The number of carbonyl (C=O) groups excluding carboxylic acids is 1. The van der Waals surface area contributed by atoms with E-state index in [9.17, 15) is 4.79 Å². The summed E-state index contributed by atoms with van der Waals surface area (Å²) in [5.41, 5.74) is 2.56. The van der Waals surface area contributed by atoms with E-state index in [-0.39, 0.29) is 5.91 Å². The molecule has 21 heavy (non-hydrogen) atoms. The SMILES string of the molecule is CN1C(=O)C(C)(C)c2cc(NCc3cnc(Cl)s3)ccc21. The third-order valence-electron chi connectivity index (χ3n) is 3.86. The highest BCUT2D eigenvalue weighted by atomic mass is 35.5. The van der Waals surface area contributed by atoms with E-state index in [0.717, 1.165) is 21.8 Å². The molecule has 1 N–H and O–H groups in total. The van der Waals surface area contributed by atoms with Gasteiger partial charge in [-0.1, -0.05) is 11.6 Å². The molecule has 0 radical (unpaired) electrons. The molecule has 0 fully saturated rings. The average molecular weight is 322 g/mol. The number of benzene rings is 1. The van der Waals surface area contributed by atoms with Gasteiger partial charge in [-0.25, -0.2) is 4.98 Å². The maximum absolute atomic E-state index is 12.3. The van der Waals surface area contributed by atoms with Gasteiger partial charge in [0.25, 0.3) is 0 Å². The third kappa shape index (κ3) is 2.40. The standard InChI is InChI=1S/C15H16ClN3OS/c1-15(2)11-6-9(4-5-12(11)19(3)13(15)20)17-7-10-8-18-14(16)21-10/h4-6,8,17H,7H2,1-3H3. The number of aromatic nitrogens is 1. The second-order valence-corrected chi connectivity index (χ2v) is 7.35. The maximum atomic E-state index is 12.3. The van der Waals surface area contributed by atoms with E-state index < -0.39 is 5.41 Å². The number of anilines is 2. The lowest BCUT2D eigenvalue weighted by Crippen LogP contribution is -2.33. The number of fused-ring (bicyclic) bond motifs is 1. The van der Waals surface area contributed by atoms with Crippen LogP contribution < -0.4 is 10.2 Å². The van der Waals surface area contributed by atoms with Gasteiger partial charge in [0.1, 0.15) is 0 Å². The fraction of sp³-hybridized carbons (Fsp3) is 0.333. The number of hydrogen-bond donors (Lipinski definition) is 1. The molecule has 0 unspecified atom stereocenters. The quantitative estimate of drug-likeness (QED) is 0.938. The summed E-state index contributed by atoms with van der Waals surface area (Å²) in [7, 11) is 1.82. The fourth-order valence-corrected chi connectivity index (χ4v) is 3.56. The lowest BCUT2D eigenvalue weighted by atomic mass is 9.86. The highest BCUT2D eigenvalue weighted by Gasteiger charge is 2.42. The molecule has 1 aromatic carbocycles. The Labute approximate surface area is 132 Å². The van der Waals surface area contributed by atoms with E-state index >= 15 is 0 Å². The molecule has 0 saturated carbocycles. The van der Waals surface area contributed by atoms with Crippen molar-refractivity contribution in [3.63, 3.8) is 0 Å². The second-order valence-electron chi connectivity index (χ2n) is 5.65. The molecule has 1 aliphatic heterocycles. The van der Waals surface area contributed by atoms with Crippen molar-refractivity contribution >= 4 is 40.2 Å². The molecule has 6 heteroatoms. The average Bonchev–Trinajstić information content (AvgIpc) is 2.94. The van der Waals surface area contributed by atoms with Crippen molar-refractivity contribution in [3.05, 3.63) is 39.3 Å². The lowest BCUT2D eigenvalue weighted by Gasteiger charge is -2.17. The lowest BCUT2D eigenvalue weighted by molar-refractivity contribution is -0.121. The fourth-order valence-electron chi connectivity index (χ4n) is 2.64. The molecular formula is C15H16ClN3OS. The van der Waals surface area contributed by atoms with Crippen molar-refractivity contribution in [2.75, 3.05) is 17.3 Å². The Morgan fingerprint density at radius 1 is 1.43 bits per heavy atom. The Morgan fingerprint density at radius 2 is 2.19 bits per heavy atom. The highest BCUT2D eigenvalue weighted by molar-refractivity contribution is 7.15. The first-order valence-electron chi connectivity index (χ1n) is 6.66. The third-order valence-corrected chi connectivity index (χ3v) is 4.98. The first-order valence-corrected chi connectivity index (χ1v) is 7.86. The normalized spacial score (nSPS) is 16.2. The smallest absolute Gasteiger partial charge is 0.236 e. The summed E-state index contributed by atoms with van der Waals surface area (Å²) in [6.45, 7) is 4.60. The van der Waals surface area contributed by atoms with Crippen LogP contribution in [-0.4, -0.2) is 17.9 Å². The first kappa shape index (κ1) is 14.4. The van der Waals surface area contributed by atoms with E-state index in [1.807, 2.05) is 33.0 Å². The summed E-state index contributed by atoms with van der Waals surface area (Å²) in [5, 5.41) is 3.35. The molecule has 2 aromatic rings. The van der Waals surface area contributed by atoms with E-state index in [4.69, 9.17) is 11.6 Å². The highest BCUT2D eigenvalue weighted by Crippen LogP contribution is 2.41. The minimum absolute atomic E-state index is 0.129. The second kappa shape index (κ2) is 5.00. The Hall–Kier alpha value is -1.59. The van der Waals surface area contributed by atoms with Gasteiger partial charge in [-0.15, -0.1) is 11.3 Å². The van der Waals surface area contributed by atoms with Crippen LogP contribution in [0.1, 0.15) is 24.3 Å². The number of rotatable bonds is 3. The van der Waals surface area contributed by atoms with Crippen molar-refractivity contribution < 1.29 is 4.79 Å². The molecule has 2 heterocycles. The number of nitrogens with one attached hydrogen (secondary N) is 1. The van der Waals surface area contributed by atoms with E-state index in [1.54, 1.807) is 11.1 Å². The molecule has 1 aliphatic rings. The Morgan fingerprint density at radius 3 is 2.86 bits per heavy atom. The van der Waals surface area contributed by atoms with Crippen LogP contribution in [0, 0.1) is 0 Å². The van der Waals surface area contributed by atoms with Crippen LogP contribution in [0.3, 0.4) is 0 Å². The van der Waals surface area contributed by atoms with Crippen LogP contribution in [0.15, 0.2) is 24.4 Å². The zero-order chi connectivity index (χ0) is 15.2. The van der Waals surface area contributed by atoms with Gasteiger partial charge in [0, 0.05) is 29.5 Å². The zero-order valence-corrected chi connectivity index (χ0v) is 13.7. The van der Waals surface area contributed by atoms with Gasteiger partial charge in [0.05, 0.1) is 12.0 Å². The van der Waals surface area contributed by atoms with Crippen molar-refractivity contribution in [2.24, 2.45) is 0 Å². The van der Waals surface area contributed by atoms with Gasteiger partial charge in [0.2, 0.25) is 5.91 Å². The van der Waals surface area contributed by atoms with Crippen LogP contribution in [0.4, 0.5) is 11.4 Å². The zero-order valence-electron chi connectivity index (χ0n) is 12.1. The number of thiazole rings is 1. The number of likely N-dealkylation sites (N-methyl/N-ethyl adjacent to an activating group) is 1. The van der Waals surface area contributed by atoms with Gasteiger partial charge in [0.15, 0.2) is 4.47 Å². The van der Waals surface area contributed by atoms with Crippen LogP contribution in [0.2, 0.25) is 4.47 Å². The number of hydrogen-bond acceptors (Lipinski definition) is 4. The summed E-state index contributed by atoms with van der Waals surface area (Å²) in [6, 6.07) is 6.04. The van der Waals surface area contributed by atoms with Crippen LogP contribution in [0.25, 0.3) is 0 Å². The first-order chi connectivity index (χ1) is 9.89. The molecule has 4 nitrogen and oxygen atoms in total. The maximum Gasteiger partial charge on any atom is 0.236 e. The van der Waals surface area contributed by atoms with Gasteiger partial charge < -0.3 is 10.2 Å². The summed E-state index contributed by atoms with van der Waals surface area (Å²) in [6.07, 6.45) is 1.77. The molecular weight excluding hydrogens is 306 g/mol. The Kier molecular flexibility index (Phi) is 3.42. The molecule has 1 aromatic heterocycles. The molecule has 0 saturated heterocycles. The van der Waals surface area contributed by atoms with Crippen LogP contribution in [-0.2, 0) is 16.8 Å². The molecule has 0 bridgehead atoms.